The maximum atomic E-state index is 12.4. The van der Waals surface area contributed by atoms with Crippen molar-refractivity contribution in [3.8, 4) is 6.07 Å². The molecular formula is C15H20N2O2S. The van der Waals surface area contributed by atoms with Gasteiger partial charge < -0.3 is 0 Å². The molecule has 0 bridgehead atoms. The first kappa shape index (κ1) is 15.0. The summed E-state index contributed by atoms with van der Waals surface area (Å²) in [4.78, 5) is 0.224. The van der Waals surface area contributed by atoms with E-state index in [2.05, 4.69) is 10.8 Å². The molecule has 1 aromatic rings. The van der Waals surface area contributed by atoms with Gasteiger partial charge >= 0.3 is 0 Å². The Morgan fingerprint density at radius 2 is 1.65 bits per heavy atom. The molecular weight excluding hydrogens is 272 g/mol. The van der Waals surface area contributed by atoms with Gasteiger partial charge in [0.05, 0.1) is 11.0 Å². The third-order valence-corrected chi connectivity index (χ3v) is 5.38. The number of hydrogen-bond donors (Lipinski definition) is 1. The Morgan fingerprint density at radius 1 is 1.10 bits per heavy atom. The van der Waals surface area contributed by atoms with E-state index in [1.807, 2.05) is 6.92 Å². The van der Waals surface area contributed by atoms with Crippen molar-refractivity contribution in [2.75, 3.05) is 0 Å². The Kier molecular flexibility index (Phi) is 4.46. The smallest absolute Gasteiger partial charge is 0.207 e. The van der Waals surface area contributed by atoms with E-state index in [0.29, 0.717) is 12.8 Å². The molecule has 0 amide bonds. The van der Waals surface area contributed by atoms with Crippen molar-refractivity contribution >= 4 is 10.0 Å². The molecule has 0 atom stereocenters. The number of sulfonamides is 1. The number of benzene rings is 1. The molecule has 5 heteroatoms. The van der Waals surface area contributed by atoms with Crippen LogP contribution in [0.3, 0.4) is 0 Å². The van der Waals surface area contributed by atoms with Gasteiger partial charge in [0.2, 0.25) is 10.0 Å². The van der Waals surface area contributed by atoms with Crippen LogP contribution in [0.5, 0.6) is 0 Å². The molecule has 1 saturated carbocycles. The normalized spacial score (nSPS) is 19.0. The number of aryl methyl sites for hydroxylation is 1. The summed E-state index contributed by atoms with van der Waals surface area (Å²) in [5, 5.41) is 9.44. The van der Waals surface area contributed by atoms with Gasteiger partial charge in [-0.05, 0) is 31.9 Å². The Hall–Kier alpha value is -1.38. The summed E-state index contributed by atoms with van der Waals surface area (Å²) < 4.78 is 27.5. The second-order valence-electron chi connectivity index (χ2n) is 5.53. The molecule has 2 rings (SSSR count). The fraction of sp³-hybridized carbons (Fsp3) is 0.533. The maximum absolute atomic E-state index is 12.4. The maximum Gasteiger partial charge on any atom is 0.241 e. The molecule has 0 radical (unpaired) electrons. The number of nitrogens with zero attached hydrogens (tertiary/aromatic N) is 1. The van der Waals surface area contributed by atoms with Gasteiger partial charge in [0.25, 0.3) is 0 Å². The van der Waals surface area contributed by atoms with Crippen molar-refractivity contribution in [2.24, 2.45) is 0 Å². The Bertz CT molecular complexity index is 592. The van der Waals surface area contributed by atoms with Crippen LogP contribution in [0.4, 0.5) is 0 Å². The molecule has 1 aromatic carbocycles. The summed E-state index contributed by atoms with van der Waals surface area (Å²) >= 11 is 0. The van der Waals surface area contributed by atoms with E-state index in [9.17, 15) is 13.7 Å². The van der Waals surface area contributed by atoms with E-state index in [4.69, 9.17) is 0 Å². The lowest BCUT2D eigenvalue weighted by Crippen LogP contribution is -2.46. The molecule has 0 aliphatic heterocycles. The van der Waals surface area contributed by atoms with E-state index in [1.165, 1.54) is 0 Å². The lowest BCUT2D eigenvalue weighted by Gasteiger charge is -2.26. The third-order valence-electron chi connectivity index (χ3n) is 3.83. The van der Waals surface area contributed by atoms with Crippen LogP contribution in [-0.2, 0) is 10.0 Å². The summed E-state index contributed by atoms with van der Waals surface area (Å²) in [6, 6.07) is 8.90. The SMILES string of the molecule is Cc1ccc(S(=O)(=O)NC2(C#N)CCCCCC2)cc1. The average molecular weight is 292 g/mol. The van der Waals surface area contributed by atoms with Crippen molar-refractivity contribution in [1.29, 1.82) is 5.26 Å². The standard InChI is InChI=1S/C15H20N2O2S/c1-13-6-8-14(9-7-13)20(18,19)17-15(12-16)10-4-2-3-5-11-15/h6-9,17H,2-5,10-11H2,1H3. The van der Waals surface area contributed by atoms with E-state index in [1.54, 1.807) is 24.3 Å². The van der Waals surface area contributed by atoms with Crippen LogP contribution in [0.2, 0.25) is 0 Å². The van der Waals surface area contributed by atoms with Crippen molar-refractivity contribution < 1.29 is 8.42 Å². The number of nitrogens with one attached hydrogen (secondary N) is 1. The fourth-order valence-corrected chi connectivity index (χ4v) is 3.98. The second-order valence-corrected chi connectivity index (χ2v) is 7.21. The first-order valence-electron chi connectivity index (χ1n) is 6.99. The molecule has 0 saturated heterocycles. The molecule has 20 heavy (non-hydrogen) atoms. The molecule has 0 aromatic heterocycles. The Morgan fingerprint density at radius 3 is 2.15 bits per heavy atom. The van der Waals surface area contributed by atoms with Crippen LogP contribution in [0.15, 0.2) is 29.2 Å². The minimum absolute atomic E-state index is 0.224. The predicted octanol–water partition coefficient (Wildman–Crippen LogP) is 2.89. The van der Waals surface area contributed by atoms with Crippen LogP contribution in [0.25, 0.3) is 0 Å². The lowest BCUT2D eigenvalue weighted by atomic mass is 9.94. The van der Waals surface area contributed by atoms with Crippen LogP contribution >= 0.6 is 0 Å². The first-order valence-corrected chi connectivity index (χ1v) is 8.48. The van der Waals surface area contributed by atoms with E-state index in [-0.39, 0.29) is 4.90 Å². The molecule has 4 nitrogen and oxygen atoms in total. The molecule has 108 valence electrons. The summed E-state index contributed by atoms with van der Waals surface area (Å²) in [5.74, 6) is 0. The summed E-state index contributed by atoms with van der Waals surface area (Å²) in [7, 11) is -3.64. The summed E-state index contributed by atoms with van der Waals surface area (Å²) in [6.07, 6.45) is 5.10. The highest BCUT2D eigenvalue weighted by atomic mass is 32.2. The van der Waals surface area contributed by atoms with Crippen LogP contribution in [0.1, 0.15) is 44.1 Å². The predicted molar refractivity (Wildman–Crippen MR) is 77.5 cm³/mol. The van der Waals surface area contributed by atoms with Crippen LogP contribution in [-0.4, -0.2) is 14.0 Å². The van der Waals surface area contributed by atoms with E-state index in [0.717, 1.165) is 31.2 Å². The topological polar surface area (TPSA) is 70.0 Å². The second kappa shape index (κ2) is 5.94. The quantitative estimate of drug-likeness (QED) is 0.871. The van der Waals surface area contributed by atoms with Crippen molar-refractivity contribution in [1.82, 2.24) is 4.72 Å². The van der Waals surface area contributed by atoms with Gasteiger partial charge in [-0.1, -0.05) is 43.4 Å². The zero-order chi connectivity index (χ0) is 14.6. The van der Waals surface area contributed by atoms with Gasteiger partial charge in [-0.15, -0.1) is 0 Å². The van der Waals surface area contributed by atoms with Gasteiger partial charge in [-0.25, -0.2) is 8.42 Å². The number of hydrogen-bond acceptors (Lipinski definition) is 3. The average Bonchev–Trinajstić information content (AvgIpc) is 2.65. The Labute approximate surface area is 120 Å². The molecule has 1 aliphatic carbocycles. The van der Waals surface area contributed by atoms with Crippen molar-refractivity contribution in [2.45, 2.75) is 55.9 Å². The Balaban J connectivity index is 2.26. The first-order chi connectivity index (χ1) is 9.47. The van der Waals surface area contributed by atoms with Gasteiger partial charge in [0.1, 0.15) is 5.54 Å². The van der Waals surface area contributed by atoms with Gasteiger partial charge in [0.15, 0.2) is 0 Å². The van der Waals surface area contributed by atoms with Crippen molar-refractivity contribution in [3.63, 3.8) is 0 Å². The van der Waals surface area contributed by atoms with E-state index < -0.39 is 15.6 Å². The monoisotopic (exact) mass is 292 g/mol. The van der Waals surface area contributed by atoms with Crippen LogP contribution in [0, 0.1) is 18.3 Å². The molecule has 1 N–H and O–H groups in total. The lowest BCUT2D eigenvalue weighted by molar-refractivity contribution is 0.422. The highest BCUT2D eigenvalue weighted by Crippen LogP contribution is 2.28. The zero-order valence-electron chi connectivity index (χ0n) is 11.7. The third kappa shape index (κ3) is 3.38. The molecule has 1 aliphatic rings. The molecule has 1 fully saturated rings. The highest BCUT2D eigenvalue weighted by molar-refractivity contribution is 7.89. The minimum Gasteiger partial charge on any atom is -0.207 e. The van der Waals surface area contributed by atoms with Gasteiger partial charge in [0, 0.05) is 0 Å². The van der Waals surface area contributed by atoms with Gasteiger partial charge in [-0.2, -0.15) is 9.98 Å². The van der Waals surface area contributed by atoms with Crippen LogP contribution < -0.4 is 4.72 Å². The number of nitriles is 1. The molecule has 0 heterocycles. The van der Waals surface area contributed by atoms with E-state index >= 15 is 0 Å². The minimum atomic E-state index is -3.64. The van der Waals surface area contributed by atoms with Gasteiger partial charge in [-0.3, -0.25) is 0 Å². The van der Waals surface area contributed by atoms with Crippen molar-refractivity contribution in [3.05, 3.63) is 29.8 Å². The largest absolute Gasteiger partial charge is 0.241 e. The summed E-state index contributed by atoms with van der Waals surface area (Å²) in [5.41, 5.74) is 0.0636. The number of rotatable bonds is 3. The zero-order valence-corrected chi connectivity index (χ0v) is 12.5. The molecule has 0 unspecified atom stereocenters. The highest BCUT2D eigenvalue weighted by Gasteiger charge is 2.35. The summed E-state index contributed by atoms with van der Waals surface area (Å²) in [6.45, 7) is 1.91. The molecule has 0 spiro atoms. The fourth-order valence-electron chi connectivity index (χ4n) is 2.60.